The Morgan fingerprint density at radius 3 is 3.14 bits per heavy atom. The molecule has 3 N–H and O–H groups in total. The van der Waals surface area contributed by atoms with Crippen LogP contribution in [0.3, 0.4) is 0 Å². The maximum atomic E-state index is 11.9. The van der Waals surface area contributed by atoms with Gasteiger partial charge < -0.3 is 29.6 Å². The van der Waals surface area contributed by atoms with Gasteiger partial charge in [-0.25, -0.2) is 10.2 Å². The smallest absolute Gasteiger partial charge is 0.388 e. The highest BCUT2D eigenvalue weighted by molar-refractivity contribution is 6.50. The van der Waals surface area contributed by atoms with Gasteiger partial charge >= 0.3 is 7.41 Å². The fraction of sp³-hybridized carbons (Fsp3) is 0.545. The SMILES string of the molecule is N#C[B]N1CN([C@H]2C[C@H](O)[C@@H](CO)O2)c2nc[nH]c(=O)c21. The van der Waals surface area contributed by atoms with Crippen LogP contribution in [0.1, 0.15) is 6.42 Å². The molecule has 0 amide bonds. The van der Waals surface area contributed by atoms with E-state index in [1.165, 1.54) is 18.6 Å². The molecular formula is C11H13BN5O4. The molecule has 0 spiro atoms. The van der Waals surface area contributed by atoms with E-state index >= 15 is 0 Å². The third-order valence-corrected chi connectivity index (χ3v) is 3.62. The number of rotatable bonds is 3. The van der Waals surface area contributed by atoms with E-state index < -0.39 is 18.4 Å². The van der Waals surface area contributed by atoms with Crippen molar-refractivity contribution in [1.82, 2.24) is 9.97 Å². The molecule has 0 bridgehead atoms. The summed E-state index contributed by atoms with van der Waals surface area (Å²) in [5, 5.41) is 27.8. The minimum absolute atomic E-state index is 0.221. The molecule has 10 heteroatoms. The van der Waals surface area contributed by atoms with Crippen LogP contribution in [0.15, 0.2) is 11.1 Å². The second-order valence-corrected chi connectivity index (χ2v) is 4.86. The molecule has 109 valence electrons. The van der Waals surface area contributed by atoms with Crippen molar-refractivity contribution >= 4 is 18.9 Å². The molecule has 0 unspecified atom stereocenters. The predicted octanol–water partition coefficient (Wildman–Crippen LogP) is -2.08. The summed E-state index contributed by atoms with van der Waals surface area (Å²) < 4.78 is 5.58. The van der Waals surface area contributed by atoms with Crippen molar-refractivity contribution in [1.29, 1.82) is 5.26 Å². The van der Waals surface area contributed by atoms with Gasteiger partial charge in [-0.1, -0.05) is 0 Å². The first-order valence-corrected chi connectivity index (χ1v) is 6.44. The zero-order chi connectivity index (χ0) is 15.0. The van der Waals surface area contributed by atoms with Crippen molar-refractivity contribution < 1.29 is 14.9 Å². The molecule has 0 saturated carbocycles. The lowest BCUT2D eigenvalue weighted by Crippen LogP contribution is -2.40. The molecule has 1 fully saturated rings. The van der Waals surface area contributed by atoms with E-state index in [0.717, 1.165) is 0 Å². The number of H-pyrrole nitrogens is 1. The lowest BCUT2D eigenvalue weighted by molar-refractivity contribution is -0.0219. The van der Waals surface area contributed by atoms with Crippen molar-refractivity contribution in [2.24, 2.45) is 0 Å². The number of ether oxygens (including phenoxy) is 1. The van der Waals surface area contributed by atoms with E-state index in [2.05, 4.69) is 9.97 Å². The number of anilines is 2. The lowest BCUT2D eigenvalue weighted by atomic mass is 9.95. The molecule has 1 radical (unpaired) electrons. The average Bonchev–Trinajstić information content (AvgIpc) is 3.01. The van der Waals surface area contributed by atoms with Crippen LogP contribution in [0.2, 0.25) is 0 Å². The summed E-state index contributed by atoms with van der Waals surface area (Å²) >= 11 is 0. The number of fused-ring (bicyclic) bond motifs is 1. The van der Waals surface area contributed by atoms with E-state index in [1.807, 2.05) is 5.97 Å². The minimum atomic E-state index is -0.778. The number of hydrogen-bond donors (Lipinski definition) is 3. The van der Waals surface area contributed by atoms with E-state index in [9.17, 15) is 9.90 Å². The zero-order valence-corrected chi connectivity index (χ0v) is 11.0. The van der Waals surface area contributed by atoms with Gasteiger partial charge in [0.15, 0.2) is 5.82 Å². The van der Waals surface area contributed by atoms with Crippen LogP contribution in [-0.4, -0.2) is 59.3 Å². The zero-order valence-electron chi connectivity index (χ0n) is 11.0. The maximum absolute atomic E-state index is 11.9. The van der Waals surface area contributed by atoms with Crippen LogP contribution < -0.4 is 15.3 Å². The van der Waals surface area contributed by atoms with Gasteiger partial charge in [-0.3, -0.25) is 4.79 Å². The molecular weight excluding hydrogens is 277 g/mol. The van der Waals surface area contributed by atoms with E-state index in [0.29, 0.717) is 12.2 Å². The van der Waals surface area contributed by atoms with Gasteiger partial charge in [-0.2, -0.15) is 0 Å². The summed E-state index contributed by atoms with van der Waals surface area (Å²) in [6.45, 7) is -0.0618. The van der Waals surface area contributed by atoms with Gasteiger partial charge in [0.25, 0.3) is 5.56 Å². The Balaban J connectivity index is 1.91. The number of aromatic nitrogens is 2. The first kappa shape index (κ1) is 13.9. The fourth-order valence-electron chi connectivity index (χ4n) is 2.63. The number of aromatic amines is 1. The quantitative estimate of drug-likeness (QED) is 0.542. The highest BCUT2D eigenvalue weighted by Gasteiger charge is 2.42. The molecule has 3 atom stereocenters. The molecule has 3 rings (SSSR count). The molecule has 0 aromatic carbocycles. The number of nitrogens with one attached hydrogen (secondary N) is 1. The second-order valence-electron chi connectivity index (χ2n) is 4.86. The van der Waals surface area contributed by atoms with Gasteiger partial charge in [0.2, 0.25) is 0 Å². The largest absolute Gasteiger partial charge is 0.394 e. The highest BCUT2D eigenvalue weighted by Crippen LogP contribution is 2.35. The van der Waals surface area contributed by atoms with Crippen LogP contribution in [0.5, 0.6) is 0 Å². The topological polar surface area (TPSA) is 126 Å². The molecule has 3 heterocycles. The Labute approximate surface area is 120 Å². The van der Waals surface area contributed by atoms with Crippen LogP contribution in [0.25, 0.3) is 0 Å². The number of nitriles is 1. The normalized spacial score (nSPS) is 27.6. The third kappa shape index (κ3) is 2.25. The summed E-state index contributed by atoms with van der Waals surface area (Å²) in [7, 11) is 1.23. The molecule has 2 aliphatic rings. The highest BCUT2D eigenvalue weighted by atomic mass is 16.5. The number of nitrogens with zero attached hydrogens (tertiary/aromatic N) is 4. The van der Waals surface area contributed by atoms with Gasteiger partial charge in [0, 0.05) is 12.4 Å². The predicted molar refractivity (Wildman–Crippen MR) is 72.4 cm³/mol. The summed E-state index contributed by atoms with van der Waals surface area (Å²) in [5.74, 6) is 2.27. The summed E-state index contributed by atoms with van der Waals surface area (Å²) in [6, 6.07) is 0. The third-order valence-electron chi connectivity index (χ3n) is 3.62. The maximum Gasteiger partial charge on any atom is 0.388 e. The Kier molecular flexibility index (Phi) is 3.54. The number of aliphatic hydroxyl groups is 2. The fourth-order valence-corrected chi connectivity index (χ4v) is 2.63. The Morgan fingerprint density at radius 1 is 1.67 bits per heavy atom. The Bertz CT molecular complexity index is 632. The molecule has 1 aromatic rings. The van der Waals surface area contributed by atoms with Crippen molar-refractivity contribution in [2.45, 2.75) is 24.9 Å². The second kappa shape index (κ2) is 5.36. The summed E-state index contributed by atoms with van der Waals surface area (Å²) in [4.78, 5) is 21.7. The monoisotopic (exact) mass is 290 g/mol. The van der Waals surface area contributed by atoms with E-state index in [1.54, 1.807) is 4.90 Å². The first-order valence-electron chi connectivity index (χ1n) is 6.44. The number of hydrogen-bond acceptors (Lipinski definition) is 8. The van der Waals surface area contributed by atoms with Crippen molar-refractivity contribution in [3.8, 4) is 5.97 Å². The summed E-state index contributed by atoms with van der Waals surface area (Å²) in [6.07, 6.45) is -0.380. The number of aliphatic hydroxyl groups excluding tert-OH is 2. The first-order chi connectivity index (χ1) is 10.2. The van der Waals surface area contributed by atoms with E-state index in [-0.39, 0.29) is 24.5 Å². The van der Waals surface area contributed by atoms with Crippen LogP contribution in [0, 0.1) is 11.2 Å². The van der Waals surface area contributed by atoms with E-state index in [4.69, 9.17) is 15.1 Å². The van der Waals surface area contributed by atoms with Crippen LogP contribution >= 0.6 is 0 Å². The van der Waals surface area contributed by atoms with Crippen molar-refractivity contribution in [3.63, 3.8) is 0 Å². The van der Waals surface area contributed by atoms with Gasteiger partial charge in [-0.05, 0) is 0 Å². The van der Waals surface area contributed by atoms with Crippen molar-refractivity contribution in [2.75, 3.05) is 23.0 Å². The molecule has 1 saturated heterocycles. The Hall–Kier alpha value is -2.09. The lowest BCUT2D eigenvalue weighted by Gasteiger charge is -2.25. The standard InChI is InChI=1S/C11H13BN5O4/c13-3-12-17-5-16(8-1-6(19)7(2-18)21-8)10-9(17)11(20)15-4-14-10/h4,6-8,18-19H,1-2,5H2,(H,14,15,20)/t6-,7+,8+/m0/s1. The van der Waals surface area contributed by atoms with Gasteiger partial charge in [-0.15, -0.1) is 0 Å². The Morgan fingerprint density at radius 2 is 2.48 bits per heavy atom. The molecule has 21 heavy (non-hydrogen) atoms. The molecule has 2 aliphatic heterocycles. The van der Waals surface area contributed by atoms with Crippen LogP contribution in [-0.2, 0) is 4.74 Å². The minimum Gasteiger partial charge on any atom is -0.394 e. The van der Waals surface area contributed by atoms with Crippen molar-refractivity contribution in [3.05, 3.63) is 16.7 Å². The summed E-state index contributed by atoms with van der Waals surface area (Å²) in [5.41, 5.74) is -0.0872. The molecule has 0 aliphatic carbocycles. The molecule has 9 nitrogen and oxygen atoms in total. The van der Waals surface area contributed by atoms with Gasteiger partial charge in [0.1, 0.15) is 18.0 Å². The van der Waals surface area contributed by atoms with Gasteiger partial charge in [0.05, 0.1) is 25.7 Å². The average molecular weight is 290 g/mol. The molecule has 1 aromatic heterocycles. The van der Waals surface area contributed by atoms with Crippen LogP contribution in [0.4, 0.5) is 11.5 Å².